The third-order valence-corrected chi connectivity index (χ3v) is 9.88. The molecule has 0 aromatic rings. The second kappa shape index (κ2) is 20.3. The first-order chi connectivity index (χ1) is 23.1. The van der Waals surface area contributed by atoms with Crippen LogP contribution in [0.2, 0.25) is 0 Å². The summed E-state index contributed by atoms with van der Waals surface area (Å²) in [5.74, 6) is -2.77. The molecule has 1 aliphatic carbocycles. The van der Waals surface area contributed by atoms with Crippen molar-refractivity contribution in [2.45, 2.75) is 91.6 Å². The Morgan fingerprint density at radius 2 is 1.67 bits per heavy atom. The number of nitrogens with one attached hydrogen (secondary N) is 2. The van der Waals surface area contributed by atoms with E-state index in [1.165, 1.54) is 0 Å². The van der Waals surface area contributed by atoms with Gasteiger partial charge in [0.25, 0.3) is 5.91 Å². The van der Waals surface area contributed by atoms with E-state index in [-0.39, 0.29) is 42.5 Å². The SMILES string of the molecule is COCCCCO[C@@]1(OC)CC(N2CCOCC2)=CC=C1C(=O)NCC(C[C@H](N)[C@@H](O)C[C@H](C(=O)NCC(C)(C)C(N)=O)C(C)C)C(C)C. The molecule has 0 aromatic heterocycles. The number of primary amides is 1. The Morgan fingerprint density at radius 1 is 1.02 bits per heavy atom. The quantitative estimate of drug-likeness (QED) is 0.0829. The zero-order valence-electron chi connectivity index (χ0n) is 31.2. The molecule has 1 aliphatic heterocycles. The Labute approximate surface area is 293 Å². The van der Waals surface area contributed by atoms with Gasteiger partial charge in [-0.05, 0) is 69.4 Å². The van der Waals surface area contributed by atoms with Crippen molar-refractivity contribution >= 4 is 17.7 Å². The summed E-state index contributed by atoms with van der Waals surface area (Å²) in [6.45, 7) is 15.5. The van der Waals surface area contributed by atoms with Gasteiger partial charge in [0.1, 0.15) is 0 Å². The van der Waals surface area contributed by atoms with E-state index in [1.807, 2.05) is 19.9 Å². The van der Waals surface area contributed by atoms with E-state index in [9.17, 15) is 19.5 Å². The van der Waals surface area contributed by atoms with Crippen molar-refractivity contribution in [1.82, 2.24) is 15.5 Å². The summed E-state index contributed by atoms with van der Waals surface area (Å²) >= 11 is 0. The Kier molecular flexibility index (Phi) is 17.7. The van der Waals surface area contributed by atoms with Gasteiger partial charge >= 0.3 is 0 Å². The van der Waals surface area contributed by atoms with E-state index in [4.69, 9.17) is 30.4 Å². The third-order valence-electron chi connectivity index (χ3n) is 9.88. The molecule has 0 saturated carbocycles. The number of nitrogens with zero attached hydrogens (tertiary/aromatic N) is 1. The molecular formula is C36H65N5O8. The topological polar surface area (TPSA) is 188 Å². The van der Waals surface area contributed by atoms with Gasteiger partial charge < -0.3 is 51.1 Å². The Morgan fingerprint density at radius 3 is 2.24 bits per heavy atom. The molecule has 49 heavy (non-hydrogen) atoms. The molecule has 7 N–H and O–H groups in total. The molecule has 0 spiro atoms. The molecule has 13 nitrogen and oxygen atoms in total. The van der Waals surface area contributed by atoms with Crippen molar-refractivity contribution in [3.05, 3.63) is 23.4 Å². The Balaban J connectivity index is 2.12. The number of unbranched alkanes of at least 4 members (excludes halogenated alkanes) is 1. The molecule has 1 saturated heterocycles. The molecule has 0 bridgehead atoms. The van der Waals surface area contributed by atoms with Crippen LogP contribution in [0.5, 0.6) is 0 Å². The molecule has 0 aromatic carbocycles. The minimum Gasteiger partial charge on any atom is -0.391 e. The predicted molar refractivity (Wildman–Crippen MR) is 189 cm³/mol. The summed E-state index contributed by atoms with van der Waals surface area (Å²) in [5.41, 5.74) is 12.5. The summed E-state index contributed by atoms with van der Waals surface area (Å²) in [5, 5.41) is 17.1. The molecule has 1 fully saturated rings. The molecular weight excluding hydrogens is 630 g/mol. The van der Waals surface area contributed by atoms with Gasteiger partial charge in [0.2, 0.25) is 17.6 Å². The fourth-order valence-electron chi connectivity index (χ4n) is 6.03. The van der Waals surface area contributed by atoms with Crippen LogP contribution in [0.4, 0.5) is 0 Å². The number of hydrogen-bond donors (Lipinski definition) is 5. The minimum absolute atomic E-state index is 0.0492. The minimum atomic E-state index is -1.25. The second-order valence-corrected chi connectivity index (χ2v) is 14.8. The summed E-state index contributed by atoms with van der Waals surface area (Å²) < 4.78 is 23.1. The molecule has 1 heterocycles. The average Bonchev–Trinajstić information content (AvgIpc) is 3.07. The zero-order chi connectivity index (χ0) is 36.8. The monoisotopic (exact) mass is 695 g/mol. The van der Waals surface area contributed by atoms with Gasteiger partial charge in [-0.25, -0.2) is 0 Å². The third kappa shape index (κ3) is 12.9. The fourth-order valence-corrected chi connectivity index (χ4v) is 6.03. The van der Waals surface area contributed by atoms with E-state index in [0.29, 0.717) is 51.4 Å². The molecule has 2 aliphatic rings. The first-order valence-electron chi connectivity index (χ1n) is 17.8. The summed E-state index contributed by atoms with van der Waals surface area (Å²) in [4.78, 5) is 40.8. The maximum Gasteiger partial charge on any atom is 0.252 e. The van der Waals surface area contributed by atoms with E-state index in [2.05, 4.69) is 29.4 Å². The normalized spacial score (nSPS) is 21.1. The number of amides is 3. The first-order valence-corrected chi connectivity index (χ1v) is 17.8. The van der Waals surface area contributed by atoms with Crippen LogP contribution < -0.4 is 22.1 Å². The standard InChI is InChI=1S/C36H65N5O8/c1-24(2)26(19-30(37)31(42)20-28(25(3)4)32(43)40-23-35(5,6)34(38)45)22-39-33(44)29-12-11-27(41-13-17-48-18-14-41)21-36(29,47-8)49-16-10-9-15-46-7/h11-12,24-26,28,30-31,42H,9-10,13-23,37H2,1-8H3,(H2,38,45)(H,39,44)(H,40,43)/t26?,28-,30-,31-,36-/m0/s1. The Bertz CT molecular complexity index is 1120. The highest BCUT2D eigenvalue weighted by Gasteiger charge is 2.43. The highest BCUT2D eigenvalue weighted by atomic mass is 16.7. The molecule has 0 radical (unpaired) electrons. The van der Waals surface area contributed by atoms with Crippen LogP contribution in [0.3, 0.4) is 0 Å². The number of aliphatic hydroxyl groups excluding tert-OH is 1. The van der Waals surface area contributed by atoms with Gasteiger partial charge in [-0.3, -0.25) is 14.4 Å². The number of nitrogens with two attached hydrogens (primary N) is 2. The second-order valence-electron chi connectivity index (χ2n) is 14.8. The molecule has 5 atom stereocenters. The summed E-state index contributed by atoms with van der Waals surface area (Å²) in [7, 11) is 3.23. The van der Waals surface area contributed by atoms with Crippen molar-refractivity contribution in [3.63, 3.8) is 0 Å². The highest BCUT2D eigenvalue weighted by Crippen LogP contribution is 2.36. The van der Waals surface area contributed by atoms with Crippen molar-refractivity contribution in [1.29, 1.82) is 0 Å². The van der Waals surface area contributed by atoms with Gasteiger partial charge in [0, 0.05) is 71.1 Å². The van der Waals surface area contributed by atoms with E-state index in [1.54, 1.807) is 34.1 Å². The number of morpholine rings is 1. The smallest absolute Gasteiger partial charge is 0.252 e. The van der Waals surface area contributed by atoms with Crippen LogP contribution in [-0.4, -0.2) is 112 Å². The van der Waals surface area contributed by atoms with Crippen molar-refractivity contribution in [3.8, 4) is 0 Å². The predicted octanol–water partition coefficient (Wildman–Crippen LogP) is 2.08. The zero-order valence-corrected chi connectivity index (χ0v) is 31.2. The van der Waals surface area contributed by atoms with Gasteiger partial charge in [0.15, 0.2) is 0 Å². The molecule has 3 amide bonds. The maximum atomic E-state index is 13.8. The number of carbonyl (C=O) groups excluding carboxylic acids is 3. The highest BCUT2D eigenvalue weighted by molar-refractivity contribution is 5.95. The molecule has 13 heteroatoms. The van der Waals surface area contributed by atoms with Crippen LogP contribution in [0.25, 0.3) is 0 Å². The summed E-state index contributed by atoms with van der Waals surface area (Å²) in [6, 6.07) is -0.623. The van der Waals surface area contributed by atoms with E-state index < -0.39 is 35.2 Å². The number of aliphatic hydroxyl groups is 1. The lowest BCUT2D eigenvalue weighted by atomic mass is 9.83. The lowest BCUT2D eigenvalue weighted by molar-refractivity contribution is -0.200. The van der Waals surface area contributed by atoms with Crippen LogP contribution in [0.15, 0.2) is 23.4 Å². The summed E-state index contributed by atoms with van der Waals surface area (Å²) in [6.07, 6.45) is 5.39. The van der Waals surface area contributed by atoms with Gasteiger partial charge in [-0.1, -0.05) is 27.7 Å². The molecule has 282 valence electrons. The lowest BCUT2D eigenvalue weighted by Crippen LogP contribution is -2.49. The molecule has 2 rings (SSSR count). The molecule has 1 unspecified atom stereocenters. The number of rotatable bonds is 22. The van der Waals surface area contributed by atoms with Crippen LogP contribution >= 0.6 is 0 Å². The Hall–Kier alpha value is -2.55. The van der Waals surface area contributed by atoms with E-state index >= 15 is 0 Å². The maximum absolute atomic E-state index is 13.8. The van der Waals surface area contributed by atoms with Gasteiger partial charge in [-0.15, -0.1) is 0 Å². The van der Waals surface area contributed by atoms with Crippen LogP contribution in [0.1, 0.15) is 73.6 Å². The lowest BCUT2D eigenvalue weighted by Gasteiger charge is -2.41. The number of methoxy groups -OCH3 is 2. The number of ether oxygens (including phenoxy) is 4. The number of hydrogen-bond acceptors (Lipinski definition) is 10. The van der Waals surface area contributed by atoms with Crippen molar-refractivity contribution < 1.29 is 38.4 Å². The van der Waals surface area contributed by atoms with Crippen LogP contribution in [0, 0.1) is 29.1 Å². The first kappa shape index (κ1) is 42.6. The van der Waals surface area contributed by atoms with Crippen molar-refractivity contribution in [2.24, 2.45) is 40.6 Å². The van der Waals surface area contributed by atoms with Crippen molar-refractivity contribution in [2.75, 3.05) is 66.8 Å². The van der Waals surface area contributed by atoms with Crippen LogP contribution in [-0.2, 0) is 33.3 Å². The fraction of sp³-hybridized carbons (Fsp3) is 0.806. The number of allylic oxidation sites excluding steroid dienone is 2. The van der Waals surface area contributed by atoms with E-state index in [0.717, 1.165) is 31.6 Å². The number of carbonyl (C=O) groups is 3. The van der Waals surface area contributed by atoms with Gasteiger partial charge in [-0.2, -0.15) is 0 Å². The largest absolute Gasteiger partial charge is 0.391 e. The van der Waals surface area contributed by atoms with Gasteiger partial charge in [0.05, 0.1) is 36.9 Å². The average molecular weight is 696 g/mol.